The van der Waals surface area contributed by atoms with Crippen molar-refractivity contribution in [3.05, 3.63) is 34.4 Å². The molecule has 0 radical (unpaired) electrons. The molecule has 20 heavy (non-hydrogen) atoms. The minimum atomic E-state index is -0.549. The maximum atomic E-state index is 11.9. The van der Waals surface area contributed by atoms with E-state index in [1.807, 2.05) is 31.3 Å². The van der Waals surface area contributed by atoms with Crippen molar-refractivity contribution >= 4 is 38.8 Å². The molecule has 1 aliphatic heterocycles. The molecule has 1 fully saturated rings. The van der Waals surface area contributed by atoms with Gasteiger partial charge >= 0.3 is 0 Å². The number of rotatable bonds is 2. The second-order valence-corrected chi connectivity index (χ2v) is 5.69. The maximum absolute atomic E-state index is 11.9. The summed E-state index contributed by atoms with van der Waals surface area (Å²) in [7, 11) is 1.59. The second-order valence-electron chi connectivity index (χ2n) is 4.78. The SMILES string of the molecule is CN=C1NC(=O)C(C(C)c2c[nH]c3ccc(Br)cc23)O1. The highest BCUT2D eigenvalue weighted by Gasteiger charge is 2.36. The summed E-state index contributed by atoms with van der Waals surface area (Å²) in [5.74, 6) is -0.222. The van der Waals surface area contributed by atoms with Crippen molar-refractivity contribution in [2.24, 2.45) is 4.99 Å². The fourth-order valence-electron chi connectivity index (χ4n) is 2.47. The number of aromatic amines is 1. The van der Waals surface area contributed by atoms with Gasteiger partial charge in [-0.1, -0.05) is 22.9 Å². The molecule has 3 rings (SSSR count). The molecule has 104 valence electrons. The van der Waals surface area contributed by atoms with Gasteiger partial charge in [0, 0.05) is 34.5 Å². The average Bonchev–Trinajstić information content (AvgIpc) is 3.01. The first-order chi connectivity index (χ1) is 9.60. The van der Waals surface area contributed by atoms with Crippen molar-refractivity contribution in [2.45, 2.75) is 18.9 Å². The predicted molar refractivity (Wildman–Crippen MR) is 80.8 cm³/mol. The third-order valence-corrected chi connectivity index (χ3v) is 4.04. The number of benzene rings is 1. The van der Waals surface area contributed by atoms with Crippen LogP contribution in [0.25, 0.3) is 10.9 Å². The first-order valence-electron chi connectivity index (χ1n) is 6.31. The van der Waals surface area contributed by atoms with Gasteiger partial charge in [-0.15, -0.1) is 0 Å². The Morgan fingerprint density at radius 1 is 1.45 bits per heavy atom. The van der Waals surface area contributed by atoms with Gasteiger partial charge in [-0.25, -0.2) is 4.99 Å². The van der Waals surface area contributed by atoms with Crippen LogP contribution >= 0.6 is 15.9 Å². The summed E-state index contributed by atoms with van der Waals surface area (Å²) in [6.07, 6.45) is 1.38. The van der Waals surface area contributed by atoms with Gasteiger partial charge in [-0.2, -0.15) is 0 Å². The molecule has 0 spiro atoms. The molecular weight excluding hydrogens is 322 g/mol. The van der Waals surface area contributed by atoms with Crippen LogP contribution < -0.4 is 5.32 Å². The Labute approximate surface area is 124 Å². The fraction of sp³-hybridized carbons (Fsp3) is 0.286. The van der Waals surface area contributed by atoms with Crippen LogP contribution in [0.5, 0.6) is 0 Å². The highest BCUT2D eigenvalue weighted by atomic mass is 79.9. The van der Waals surface area contributed by atoms with E-state index in [1.165, 1.54) is 0 Å². The van der Waals surface area contributed by atoms with E-state index in [0.29, 0.717) is 0 Å². The molecule has 2 aromatic rings. The largest absolute Gasteiger partial charge is 0.451 e. The molecule has 2 N–H and O–H groups in total. The van der Waals surface area contributed by atoms with Gasteiger partial charge in [-0.3, -0.25) is 10.1 Å². The number of amidine groups is 1. The van der Waals surface area contributed by atoms with E-state index in [4.69, 9.17) is 4.74 Å². The van der Waals surface area contributed by atoms with E-state index in [2.05, 4.69) is 31.2 Å². The highest BCUT2D eigenvalue weighted by Crippen LogP contribution is 2.31. The van der Waals surface area contributed by atoms with Crippen molar-refractivity contribution in [3.8, 4) is 0 Å². The number of aliphatic imine (C=N–C) groups is 1. The van der Waals surface area contributed by atoms with Crippen LogP contribution in [0.4, 0.5) is 0 Å². The molecule has 0 saturated carbocycles. The van der Waals surface area contributed by atoms with E-state index >= 15 is 0 Å². The first-order valence-corrected chi connectivity index (χ1v) is 7.10. The molecule has 2 atom stereocenters. The minimum absolute atomic E-state index is 0.0719. The Hall–Kier alpha value is -1.82. The molecule has 1 saturated heterocycles. The summed E-state index contributed by atoms with van der Waals surface area (Å²) < 4.78 is 6.56. The summed E-state index contributed by atoms with van der Waals surface area (Å²) in [4.78, 5) is 19.0. The number of hydrogen-bond donors (Lipinski definition) is 2. The zero-order valence-corrected chi connectivity index (χ0v) is 12.7. The number of nitrogens with zero attached hydrogens (tertiary/aromatic N) is 1. The summed E-state index contributed by atoms with van der Waals surface area (Å²) in [5, 5.41) is 3.71. The molecule has 1 aromatic heterocycles. The Balaban J connectivity index is 1.99. The number of ether oxygens (including phenoxy) is 1. The standard InChI is InChI=1S/C14H14BrN3O2/c1-7(12-13(19)18-14(16-2)20-12)10-6-17-11-4-3-8(15)5-9(10)11/h3-7,12,17H,1-2H3,(H,16,18,19). The van der Waals surface area contributed by atoms with Crippen LogP contribution in [0, 0.1) is 0 Å². The maximum Gasteiger partial charge on any atom is 0.292 e. The number of carbonyl (C=O) groups excluding carboxylic acids is 1. The average molecular weight is 336 g/mol. The molecular formula is C14H14BrN3O2. The Kier molecular flexibility index (Phi) is 3.25. The molecule has 1 aliphatic rings. The molecule has 2 unspecified atom stereocenters. The molecule has 1 aromatic carbocycles. The molecule has 0 aliphatic carbocycles. The number of nitrogens with one attached hydrogen (secondary N) is 2. The van der Waals surface area contributed by atoms with E-state index in [1.54, 1.807) is 7.05 Å². The quantitative estimate of drug-likeness (QED) is 0.885. The van der Waals surface area contributed by atoms with Crippen molar-refractivity contribution in [3.63, 3.8) is 0 Å². The van der Waals surface area contributed by atoms with Crippen LogP contribution in [0.2, 0.25) is 0 Å². The van der Waals surface area contributed by atoms with Crippen molar-refractivity contribution in [1.29, 1.82) is 0 Å². The molecule has 5 nitrogen and oxygen atoms in total. The number of aromatic nitrogens is 1. The van der Waals surface area contributed by atoms with Crippen LogP contribution in [-0.4, -0.2) is 30.1 Å². The summed E-state index contributed by atoms with van der Waals surface area (Å²) in [6.45, 7) is 1.98. The number of hydrogen-bond acceptors (Lipinski definition) is 3. The van der Waals surface area contributed by atoms with Gasteiger partial charge in [0.2, 0.25) is 0 Å². The predicted octanol–water partition coefficient (Wildman–Crippen LogP) is 2.53. The molecule has 6 heteroatoms. The van der Waals surface area contributed by atoms with E-state index in [0.717, 1.165) is 20.9 Å². The second kappa shape index (κ2) is 4.94. The third kappa shape index (κ3) is 2.10. The number of carbonyl (C=O) groups is 1. The number of halogens is 1. The van der Waals surface area contributed by atoms with Crippen LogP contribution in [0.1, 0.15) is 18.4 Å². The lowest BCUT2D eigenvalue weighted by Crippen LogP contribution is -2.28. The van der Waals surface area contributed by atoms with Crippen LogP contribution in [0.3, 0.4) is 0 Å². The number of fused-ring (bicyclic) bond motifs is 1. The van der Waals surface area contributed by atoms with Gasteiger partial charge < -0.3 is 9.72 Å². The first kappa shape index (κ1) is 13.2. The van der Waals surface area contributed by atoms with Gasteiger partial charge in [0.25, 0.3) is 11.9 Å². The zero-order valence-electron chi connectivity index (χ0n) is 11.1. The molecule has 2 heterocycles. The lowest BCUT2D eigenvalue weighted by molar-refractivity contribution is -0.124. The topological polar surface area (TPSA) is 66.5 Å². The Morgan fingerprint density at radius 2 is 2.25 bits per heavy atom. The van der Waals surface area contributed by atoms with Gasteiger partial charge in [0.15, 0.2) is 6.10 Å². The summed E-state index contributed by atoms with van der Waals surface area (Å²) >= 11 is 3.47. The van der Waals surface area contributed by atoms with Crippen molar-refractivity contribution < 1.29 is 9.53 Å². The third-order valence-electron chi connectivity index (χ3n) is 3.55. The minimum Gasteiger partial charge on any atom is -0.451 e. The van der Waals surface area contributed by atoms with E-state index in [9.17, 15) is 4.79 Å². The Bertz CT molecular complexity index is 708. The summed E-state index contributed by atoms with van der Waals surface area (Å²) in [5.41, 5.74) is 2.09. The van der Waals surface area contributed by atoms with Gasteiger partial charge in [0.1, 0.15) is 0 Å². The lowest BCUT2D eigenvalue weighted by atomic mass is 9.94. The molecule has 0 bridgehead atoms. The van der Waals surface area contributed by atoms with Gasteiger partial charge in [-0.05, 0) is 23.8 Å². The monoisotopic (exact) mass is 335 g/mol. The van der Waals surface area contributed by atoms with E-state index < -0.39 is 6.10 Å². The van der Waals surface area contributed by atoms with Gasteiger partial charge in [0.05, 0.1) is 0 Å². The number of amides is 1. The highest BCUT2D eigenvalue weighted by molar-refractivity contribution is 9.10. The fourth-order valence-corrected chi connectivity index (χ4v) is 2.83. The van der Waals surface area contributed by atoms with Crippen LogP contribution in [-0.2, 0) is 9.53 Å². The van der Waals surface area contributed by atoms with E-state index in [-0.39, 0.29) is 17.8 Å². The Morgan fingerprint density at radius 3 is 2.95 bits per heavy atom. The number of H-pyrrole nitrogens is 1. The van der Waals surface area contributed by atoms with Crippen LogP contribution in [0.15, 0.2) is 33.9 Å². The lowest BCUT2D eigenvalue weighted by Gasteiger charge is -2.15. The van der Waals surface area contributed by atoms with Crippen molar-refractivity contribution in [2.75, 3.05) is 7.05 Å². The molecule has 1 amide bonds. The van der Waals surface area contributed by atoms with Crippen molar-refractivity contribution in [1.82, 2.24) is 10.3 Å². The normalized spacial score (nSPS) is 22.1. The zero-order chi connectivity index (χ0) is 14.3. The smallest absolute Gasteiger partial charge is 0.292 e. The summed E-state index contributed by atoms with van der Waals surface area (Å²) in [6, 6.07) is 6.31.